The number of ketones is 1. The fraction of sp³-hybridized carbons (Fsp3) is 0.579. The van der Waals surface area contributed by atoms with Gasteiger partial charge in [-0.15, -0.1) is 0 Å². The molecule has 12 heteroatoms. The summed E-state index contributed by atoms with van der Waals surface area (Å²) in [5.74, 6) is -8.20. The number of aliphatic hydroxyl groups is 1. The molecule has 12 nitrogen and oxygen atoms in total. The third kappa shape index (κ3) is 8.88. The van der Waals surface area contributed by atoms with Crippen molar-refractivity contribution < 1.29 is 57.6 Å². The summed E-state index contributed by atoms with van der Waals surface area (Å²) in [5, 5.41) is 12.4. The highest BCUT2D eigenvalue weighted by Crippen LogP contribution is 2.49. The van der Waals surface area contributed by atoms with Crippen molar-refractivity contribution in [1.29, 1.82) is 0 Å². The molecule has 1 aromatic carbocycles. The smallest absolute Gasteiger partial charge is 0.338 e. The number of Topliss-reactive ketones (excluding diaryl/α,β-unsaturated/α-hetero) is 1. The summed E-state index contributed by atoms with van der Waals surface area (Å²) in [5.41, 5.74) is -3.51. The van der Waals surface area contributed by atoms with Gasteiger partial charge in [0.1, 0.15) is 17.8 Å². The Morgan fingerprint density at radius 3 is 2.04 bits per heavy atom. The average Bonchev–Trinajstić information content (AvgIpc) is 3.30. The fourth-order valence-corrected chi connectivity index (χ4v) is 6.65. The first kappa shape index (κ1) is 40.1. The maximum atomic E-state index is 14.3. The quantitative estimate of drug-likeness (QED) is 0.226. The van der Waals surface area contributed by atoms with Crippen molar-refractivity contribution in [2.45, 2.75) is 111 Å². The third-order valence-corrected chi connectivity index (χ3v) is 9.25. The highest BCUT2D eigenvalue weighted by molar-refractivity contribution is 5.92. The van der Waals surface area contributed by atoms with E-state index in [-0.39, 0.29) is 24.0 Å². The van der Waals surface area contributed by atoms with Crippen LogP contribution in [0.25, 0.3) is 0 Å². The molecule has 1 N–H and O–H groups in total. The molecule has 0 aliphatic heterocycles. The Kier molecular flexibility index (Phi) is 12.9. The zero-order valence-electron chi connectivity index (χ0n) is 30.3. The van der Waals surface area contributed by atoms with E-state index in [1.807, 2.05) is 0 Å². The van der Waals surface area contributed by atoms with Crippen LogP contribution in [0.15, 0.2) is 54.6 Å². The van der Waals surface area contributed by atoms with Crippen LogP contribution in [0.2, 0.25) is 0 Å². The summed E-state index contributed by atoms with van der Waals surface area (Å²) in [4.78, 5) is 79.7. The zero-order valence-corrected chi connectivity index (χ0v) is 30.3. The number of allylic oxidation sites excluding steroid dienone is 1. The summed E-state index contributed by atoms with van der Waals surface area (Å²) in [7, 11) is 0. The van der Waals surface area contributed by atoms with E-state index in [9.17, 15) is 33.9 Å². The molecule has 2 aliphatic rings. The lowest BCUT2D eigenvalue weighted by Gasteiger charge is -2.44. The molecule has 1 aromatic rings. The van der Waals surface area contributed by atoms with Crippen LogP contribution in [-0.4, -0.2) is 76.9 Å². The van der Waals surface area contributed by atoms with Crippen molar-refractivity contribution in [3.63, 3.8) is 0 Å². The van der Waals surface area contributed by atoms with Crippen molar-refractivity contribution in [2.24, 2.45) is 29.1 Å². The maximum Gasteiger partial charge on any atom is 0.338 e. The third-order valence-electron chi connectivity index (χ3n) is 9.25. The van der Waals surface area contributed by atoms with Crippen LogP contribution >= 0.6 is 0 Å². The minimum atomic E-state index is -2.23. The first-order valence-electron chi connectivity index (χ1n) is 16.9. The first-order chi connectivity index (χ1) is 23.2. The van der Waals surface area contributed by atoms with Crippen molar-refractivity contribution in [3.05, 3.63) is 60.2 Å². The lowest BCUT2D eigenvalue weighted by molar-refractivity contribution is -0.182. The molecule has 9 atom stereocenters. The maximum absolute atomic E-state index is 14.3. The Hall–Kier alpha value is -4.32. The van der Waals surface area contributed by atoms with Crippen LogP contribution in [0.5, 0.6) is 0 Å². The highest BCUT2D eigenvalue weighted by atomic mass is 16.6. The number of carbonyl (C=O) groups is 6. The minimum Gasteiger partial charge on any atom is -0.461 e. The van der Waals surface area contributed by atoms with E-state index in [0.29, 0.717) is 0 Å². The second-order valence-corrected chi connectivity index (χ2v) is 14.2. The number of fused-ring (bicyclic) bond motifs is 1. The number of esters is 5. The molecule has 3 rings (SSSR count). The zero-order chi connectivity index (χ0) is 37.7. The molecule has 0 spiro atoms. The van der Waals surface area contributed by atoms with Gasteiger partial charge < -0.3 is 28.8 Å². The summed E-state index contributed by atoms with van der Waals surface area (Å²) >= 11 is 0. The van der Waals surface area contributed by atoms with Crippen LogP contribution in [-0.2, 0) is 47.7 Å². The summed E-state index contributed by atoms with van der Waals surface area (Å²) in [6, 6.07) is 7.97. The predicted octanol–water partition coefficient (Wildman–Crippen LogP) is 4.71. The van der Waals surface area contributed by atoms with Gasteiger partial charge in [-0.05, 0) is 24.5 Å². The van der Waals surface area contributed by atoms with E-state index in [1.165, 1.54) is 18.2 Å². The molecule has 0 saturated heterocycles. The van der Waals surface area contributed by atoms with Gasteiger partial charge in [-0.2, -0.15) is 0 Å². The number of ether oxygens (including phenoxy) is 5. The topological polar surface area (TPSA) is 169 Å². The summed E-state index contributed by atoms with van der Waals surface area (Å²) < 4.78 is 29.7. The fourth-order valence-electron chi connectivity index (χ4n) is 6.65. The van der Waals surface area contributed by atoms with E-state index in [4.69, 9.17) is 23.7 Å². The molecule has 0 heterocycles. The Morgan fingerprint density at radius 1 is 0.900 bits per heavy atom. The van der Waals surface area contributed by atoms with E-state index in [1.54, 1.807) is 72.7 Å². The van der Waals surface area contributed by atoms with Gasteiger partial charge in [-0.3, -0.25) is 24.0 Å². The van der Waals surface area contributed by atoms with Crippen LogP contribution in [0.1, 0.15) is 85.5 Å². The van der Waals surface area contributed by atoms with Gasteiger partial charge in [0.25, 0.3) is 0 Å². The molecule has 0 radical (unpaired) electrons. The van der Waals surface area contributed by atoms with E-state index in [2.05, 4.69) is 6.58 Å². The monoisotopic (exact) mass is 698 g/mol. The largest absolute Gasteiger partial charge is 0.461 e. The van der Waals surface area contributed by atoms with E-state index >= 15 is 0 Å². The minimum absolute atomic E-state index is 0.0219. The molecular formula is C38H50O12. The molecule has 0 unspecified atom stereocenters. The van der Waals surface area contributed by atoms with Crippen molar-refractivity contribution in [3.8, 4) is 0 Å². The van der Waals surface area contributed by atoms with Gasteiger partial charge in [0.05, 0.1) is 17.4 Å². The normalized spacial score (nSPS) is 31.7. The number of hydrogen-bond donors (Lipinski definition) is 1. The SMILES string of the molecule is C=C1[C@@H](OC(=O)C(C)C)[C@@H](OC(=O)c2ccccc2)[C@@H](OC(C)=O)C(C)(C)/C=C/[C@@H](C)C(=O)[C@@]2(O)C[C@H](C)[C@H](OC(=O)CC)[C@@H]2[C@H]1OC(C)=O. The molecule has 0 aromatic heterocycles. The second-order valence-electron chi connectivity index (χ2n) is 14.2. The average molecular weight is 699 g/mol. The molecule has 0 amide bonds. The highest BCUT2D eigenvalue weighted by Gasteiger charge is 2.63. The molecule has 50 heavy (non-hydrogen) atoms. The van der Waals surface area contributed by atoms with Gasteiger partial charge in [0.15, 0.2) is 24.1 Å². The molecule has 1 saturated carbocycles. The number of rotatable bonds is 8. The van der Waals surface area contributed by atoms with Gasteiger partial charge in [0, 0.05) is 37.2 Å². The predicted molar refractivity (Wildman–Crippen MR) is 180 cm³/mol. The van der Waals surface area contributed by atoms with Gasteiger partial charge >= 0.3 is 29.8 Å². The lowest BCUT2D eigenvalue weighted by Crippen LogP contribution is -2.58. The molecule has 0 bridgehead atoms. The number of benzene rings is 1. The van der Waals surface area contributed by atoms with Gasteiger partial charge in [-0.1, -0.05) is 85.4 Å². The Bertz CT molecular complexity index is 1490. The first-order valence-corrected chi connectivity index (χ1v) is 16.9. The van der Waals surface area contributed by atoms with Crippen LogP contribution in [0.4, 0.5) is 0 Å². The number of carbonyl (C=O) groups excluding carboxylic acids is 6. The Morgan fingerprint density at radius 2 is 1.50 bits per heavy atom. The Balaban J connectivity index is 2.45. The Labute approximate surface area is 293 Å². The van der Waals surface area contributed by atoms with Crippen LogP contribution < -0.4 is 0 Å². The van der Waals surface area contributed by atoms with Crippen molar-refractivity contribution in [2.75, 3.05) is 0 Å². The van der Waals surface area contributed by atoms with Gasteiger partial charge in [-0.25, -0.2) is 4.79 Å². The lowest BCUT2D eigenvalue weighted by atomic mass is 9.72. The molecule has 1 fully saturated rings. The van der Waals surface area contributed by atoms with Crippen molar-refractivity contribution in [1.82, 2.24) is 0 Å². The van der Waals surface area contributed by atoms with Crippen LogP contribution in [0, 0.1) is 29.1 Å². The summed E-state index contributed by atoms with van der Waals surface area (Å²) in [6.45, 7) is 17.8. The molecular weight excluding hydrogens is 648 g/mol. The molecule has 274 valence electrons. The van der Waals surface area contributed by atoms with E-state index < -0.39 is 101 Å². The van der Waals surface area contributed by atoms with E-state index in [0.717, 1.165) is 13.8 Å². The summed E-state index contributed by atoms with van der Waals surface area (Å²) in [6.07, 6.45) is -4.53. The molecule has 2 aliphatic carbocycles. The van der Waals surface area contributed by atoms with Crippen molar-refractivity contribution >= 4 is 35.6 Å². The second kappa shape index (κ2) is 16.1. The van der Waals surface area contributed by atoms with Crippen LogP contribution in [0.3, 0.4) is 0 Å². The van der Waals surface area contributed by atoms with Gasteiger partial charge in [0.2, 0.25) is 0 Å². The standard InChI is InChI=1S/C38H50O12/c1-11-27(41)48-29-22(5)19-38(45)28(29)30(46-24(7)39)23(6)31(49-35(43)20(2)3)32(50-36(44)26-15-13-12-14-16-26)34(47-25(8)40)37(9,10)18-17-21(4)33(38)42/h12-18,20-22,28-32,34,45H,6,11,19H2,1-5,7-10H3/b18-17+/t21-,22+,28-,29+,30+,31-,32-,34-,38-/m1/s1. The number of hydrogen-bond acceptors (Lipinski definition) is 12.